The molecule has 3 rings (SSSR count). The molecular weight excluding hydrogens is 208 g/mol. The molecule has 2 aromatic rings. The zero-order valence-corrected chi connectivity index (χ0v) is 9.17. The predicted octanol–water partition coefficient (Wildman–Crippen LogP) is 3.42. The molecule has 2 nitrogen and oxygen atoms in total. The molecule has 0 spiro atoms. The van der Waals surface area contributed by atoms with Crippen molar-refractivity contribution in [1.82, 2.24) is 4.98 Å². The highest BCUT2D eigenvalue weighted by Gasteiger charge is 2.20. The molecule has 1 unspecified atom stereocenters. The minimum absolute atomic E-state index is 0.538. The van der Waals surface area contributed by atoms with Crippen LogP contribution in [0, 0.1) is 0 Å². The summed E-state index contributed by atoms with van der Waals surface area (Å²) < 4.78 is 0. The van der Waals surface area contributed by atoms with Gasteiger partial charge in [-0.25, -0.2) is 0 Å². The van der Waals surface area contributed by atoms with E-state index in [1.165, 1.54) is 11.3 Å². The molecule has 0 radical (unpaired) electrons. The van der Waals surface area contributed by atoms with Crippen LogP contribution in [0.1, 0.15) is 18.4 Å². The Hall–Kier alpha value is -1.28. The van der Waals surface area contributed by atoms with Crippen molar-refractivity contribution in [2.75, 3.05) is 11.9 Å². The van der Waals surface area contributed by atoms with E-state index in [9.17, 15) is 0 Å². The number of nitrogens with zero attached hydrogens (tertiary/aromatic N) is 1. The average Bonchev–Trinajstić information content (AvgIpc) is 2.61. The molecule has 15 heavy (non-hydrogen) atoms. The molecule has 1 aliphatic rings. The van der Waals surface area contributed by atoms with E-state index in [2.05, 4.69) is 17.2 Å². The zero-order valence-electron chi connectivity index (χ0n) is 8.42. The lowest BCUT2D eigenvalue weighted by Gasteiger charge is -2.06. The standard InChI is InChI=1S/C12H11ClN2/c1-7-5-15-12-9-4-8(13)2-3-11(9)14-6-10(7)12/h2-4,6-7,15H,5H2,1H3. The second kappa shape index (κ2) is 3.11. The van der Waals surface area contributed by atoms with E-state index < -0.39 is 0 Å². The lowest BCUT2D eigenvalue weighted by molar-refractivity contribution is 0.850. The molecule has 1 aliphatic heterocycles. The molecule has 0 bridgehead atoms. The first kappa shape index (κ1) is 8.98. The molecule has 1 N–H and O–H groups in total. The van der Waals surface area contributed by atoms with E-state index in [4.69, 9.17) is 11.6 Å². The Labute approximate surface area is 93.3 Å². The smallest absolute Gasteiger partial charge is 0.0724 e. The summed E-state index contributed by atoms with van der Waals surface area (Å²) in [6.07, 6.45) is 1.97. The summed E-state index contributed by atoms with van der Waals surface area (Å²) in [6, 6.07) is 5.82. The highest BCUT2D eigenvalue weighted by atomic mass is 35.5. The summed E-state index contributed by atoms with van der Waals surface area (Å²) in [5.41, 5.74) is 3.50. The van der Waals surface area contributed by atoms with Crippen LogP contribution in [0.5, 0.6) is 0 Å². The molecule has 1 aromatic carbocycles. The first-order valence-electron chi connectivity index (χ1n) is 5.08. The lowest BCUT2D eigenvalue weighted by Crippen LogP contribution is -1.96. The van der Waals surface area contributed by atoms with E-state index >= 15 is 0 Å². The summed E-state index contributed by atoms with van der Waals surface area (Å²) in [5.74, 6) is 0.538. The van der Waals surface area contributed by atoms with Gasteiger partial charge in [-0.1, -0.05) is 18.5 Å². The Kier molecular flexibility index (Phi) is 1.86. The monoisotopic (exact) mass is 218 g/mol. The van der Waals surface area contributed by atoms with Gasteiger partial charge in [0, 0.05) is 34.8 Å². The number of rotatable bonds is 0. The molecule has 2 heterocycles. The van der Waals surface area contributed by atoms with Crippen molar-refractivity contribution in [3.05, 3.63) is 35.0 Å². The van der Waals surface area contributed by atoms with Crippen LogP contribution in [0.25, 0.3) is 10.9 Å². The molecule has 0 amide bonds. The van der Waals surface area contributed by atoms with E-state index in [1.807, 2.05) is 24.4 Å². The van der Waals surface area contributed by atoms with Gasteiger partial charge < -0.3 is 5.32 Å². The summed E-state index contributed by atoms with van der Waals surface area (Å²) >= 11 is 6.00. The van der Waals surface area contributed by atoms with Crippen molar-refractivity contribution in [3.8, 4) is 0 Å². The average molecular weight is 219 g/mol. The van der Waals surface area contributed by atoms with Crippen LogP contribution >= 0.6 is 11.6 Å². The summed E-state index contributed by atoms with van der Waals surface area (Å²) in [5, 5.41) is 5.31. The highest BCUT2D eigenvalue weighted by molar-refractivity contribution is 6.31. The molecule has 76 valence electrons. The molecule has 0 aliphatic carbocycles. The fourth-order valence-corrected chi connectivity index (χ4v) is 2.29. The number of aromatic nitrogens is 1. The maximum Gasteiger partial charge on any atom is 0.0724 e. The maximum absolute atomic E-state index is 6.00. The predicted molar refractivity (Wildman–Crippen MR) is 63.7 cm³/mol. The van der Waals surface area contributed by atoms with Gasteiger partial charge in [0.05, 0.1) is 5.52 Å². The summed E-state index contributed by atoms with van der Waals surface area (Å²) in [7, 11) is 0. The molecular formula is C12H11ClN2. The summed E-state index contributed by atoms with van der Waals surface area (Å²) in [6.45, 7) is 3.19. The quantitative estimate of drug-likeness (QED) is 0.733. The fraction of sp³-hybridized carbons (Fsp3) is 0.250. The van der Waals surface area contributed by atoms with Crippen LogP contribution in [0.4, 0.5) is 5.69 Å². The van der Waals surface area contributed by atoms with E-state index in [-0.39, 0.29) is 0 Å². The Morgan fingerprint density at radius 2 is 2.33 bits per heavy atom. The van der Waals surface area contributed by atoms with Gasteiger partial charge in [0.15, 0.2) is 0 Å². The number of hydrogen-bond acceptors (Lipinski definition) is 2. The van der Waals surface area contributed by atoms with Crippen LogP contribution in [-0.4, -0.2) is 11.5 Å². The van der Waals surface area contributed by atoms with Gasteiger partial charge in [-0.3, -0.25) is 4.98 Å². The van der Waals surface area contributed by atoms with E-state index in [0.717, 1.165) is 22.5 Å². The number of fused-ring (bicyclic) bond motifs is 3. The largest absolute Gasteiger partial charge is 0.384 e. The minimum Gasteiger partial charge on any atom is -0.384 e. The van der Waals surface area contributed by atoms with Crippen LogP contribution < -0.4 is 5.32 Å². The number of benzene rings is 1. The number of hydrogen-bond donors (Lipinski definition) is 1. The molecule has 0 saturated heterocycles. The Morgan fingerprint density at radius 1 is 1.47 bits per heavy atom. The lowest BCUT2D eigenvalue weighted by atomic mass is 10.0. The first-order chi connectivity index (χ1) is 7.25. The molecule has 1 aromatic heterocycles. The van der Waals surface area contributed by atoms with Crippen LogP contribution in [0.3, 0.4) is 0 Å². The minimum atomic E-state index is 0.538. The third-order valence-corrected chi connectivity index (χ3v) is 3.21. The van der Waals surface area contributed by atoms with Crippen molar-refractivity contribution in [3.63, 3.8) is 0 Å². The van der Waals surface area contributed by atoms with Gasteiger partial charge in [0.2, 0.25) is 0 Å². The second-order valence-electron chi connectivity index (χ2n) is 4.03. The van der Waals surface area contributed by atoms with Crippen LogP contribution in [0.2, 0.25) is 5.02 Å². The Bertz CT molecular complexity index is 536. The van der Waals surface area contributed by atoms with Gasteiger partial charge in [-0.05, 0) is 23.8 Å². The second-order valence-corrected chi connectivity index (χ2v) is 4.47. The number of halogens is 1. The Balaban J connectivity index is 2.37. The van der Waals surface area contributed by atoms with E-state index in [0.29, 0.717) is 5.92 Å². The van der Waals surface area contributed by atoms with E-state index in [1.54, 1.807) is 0 Å². The van der Waals surface area contributed by atoms with Crippen molar-refractivity contribution in [2.45, 2.75) is 12.8 Å². The Morgan fingerprint density at radius 3 is 3.20 bits per heavy atom. The fourth-order valence-electron chi connectivity index (χ4n) is 2.12. The number of anilines is 1. The molecule has 3 heteroatoms. The molecule has 0 fully saturated rings. The SMILES string of the molecule is CC1CNc2c1cnc1ccc(Cl)cc21. The van der Waals surface area contributed by atoms with Gasteiger partial charge in [-0.2, -0.15) is 0 Å². The number of pyridine rings is 1. The highest BCUT2D eigenvalue weighted by Crippen LogP contribution is 2.36. The molecule has 1 atom stereocenters. The van der Waals surface area contributed by atoms with Gasteiger partial charge in [0.1, 0.15) is 0 Å². The molecule has 0 saturated carbocycles. The van der Waals surface area contributed by atoms with Gasteiger partial charge in [-0.15, -0.1) is 0 Å². The van der Waals surface area contributed by atoms with Gasteiger partial charge in [0.25, 0.3) is 0 Å². The van der Waals surface area contributed by atoms with Crippen LogP contribution in [-0.2, 0) is 0 Å². The topological polar surface area (TPSA) is 24.9 Å². The van der Waals surface area contributed by atoms with Gasteiger partial charge >= 0.3 is 0 Å². The zero-order chi connectivity index (χ0) is 10.4. The normalized spacial score (nSPS) is 18.9. The summed E-state index contributed by atoms with van der Waals surface area (Å²) in [4.78, 5) is 4.45. The van der Waals surface area contributed by atoms with Crippen molar-refractivity contribution in [1.29, 1.82) is 0 Å². The van der Waals surface area contributed by atoms with Crippen molar-refractivity contribution >= 4 is 28.2 Å². The first-order valence-corrected chi connectivity index (χ1v) is 5.45. The third kappa shape index (κ3) is 1.29. The van der Waals surface area contributed by atoms with Crippen molar-refractivity contribution in [2.24, 2.45) is 0 Å². The third-order valence-electron chi connectivity index (χ3n) is 2.98. The maximum atomic E-state index is 6.00. The van der Waals surface area contributed by atoms with Crippen LogP contribution in [0.15, 0.2) is 24.4 Å². The van der Waals surface area contributed by atoms with Crippen molar-refractivity contribution < 1.29 is 0 Å². The number of nitrogens with one attached hydrogen (secondary N) is 1.